The van der Waals surface area contributed by atoms with E-state index in [1.165, 1.54) is 0 Å². The number of rotatable bonds is 0. The predicted molar refractivity (Wildman–Crippen MR) is 68.0 cm³/mol. The minimum absolute atomic E-state index is 0.0406. The molecule has 0 aliphatic carbocycles. The van der Waals surface area contributed by atoms with Crippen LogP contribution in [0, 0.1) is 0 Å². The highest BCUT2D eigenvalue weighted by Gasteiger charge is 2.30. The van der Waals surface area contributed by atoms with Crippen LogP contribution < -0.4 is 0 Å². The molecule has 1 fully saturated rings. The number of ether oxygens (including phenoxy) is 1. The average Bonchev–Trinajstić information content (AvgIpc) is 2.17. The van der Waals surface area contributed by atoms with Crippen LogP contribution in [0.2, 0.25) is 0 Å². The number of nitrogens with zero attached hydrogens (tertiary/aromatic N) is 1. The number of ketones is 1. The third kappa shape index (κ3) is 5.71. The highest BCUT2D eigenvalue weighted by molar-refractivity contribution is 5.82. The fraction of sp³-hybridized carbons (Fsp3) is 0.846. The van der Waals surface area contributed by atoms with E-state index >= 15 is 0 Å². The zero-order valence-electron chi connectivity index (χ0n) is 11.9. The van der Waals surface area contributed by atoms with Crippen LogP contribution in [0.15, 0.2) is 0 Å². The van der Waals surface area contributed by atoms with Crippen molar-refractivity contribution in [2.75, 3.05) is 6.54 Å². The van der Waals surface area contributed by atoms with Crippen LogP contribution in [0.4, 0.5) is 4.79 Å². The standard InChI is InChI=1S/C11H19NO3.C2H6/c1-8-7-9(13)5-6-12(8)10(14)15-11(2,3)4;1-2/h8H,5-7H2,1-4H3;1-2H3. The second kappa shape index (κ2) is 6.62. The van der Waals surface area contributed by atoms with Crippen molar-refractivity contribution in [3.05, 3.63) is 0 Å². The summed E-state index contributed by atoms with van der Waals surface area (Å²) in [6, 6.07) is -0.0406. The maximum atomic E-state index is 11.7. The Kier molecular flexibility index (Phi) is 6.21. The van der Waals surface area contributed by atoms with E-state index in [4.69, 9.17) is 4.74 Å². The Balaban J connectivity index is 0.00000121. The molecular formula is C13H25NO3. The number of piperidine rings is 1. The lowest BCUT2D eigenvalue weighted by Gasteiger charge is -2.34. The molecule has 1 heterocycles. The van der Waals surface area contributed by atoms with Crippen LogP contribution in [0.3, 0.4) is 0 Å². The minimum atomic E-state index is -0.474. The van der Waals surface area contributed by atoms with E-state index in [0.29, 0.717) is 19.4 Å². The molecule has 1 aliphatic rings. The van der Waals surface area contributed by atoms with Crippen molar-refractivity contribution in [1.82, 2.24) is 4.90 Å². The van der Waals surface area contributed by atoms with E-state index in [9.17, 15) is 9.59 Å². The molecule has 0 saturated carbocycles. The fourth-order valence-corrected chi connectivity index (χ4v) is 1.60. The van der Waals surface area contributed by atoms with Gasteiger partial charge in [0.05, 0.1) is 0 Å². The van der Waals surface area contributed by atoms with E-state index in [-0.39, 0.29) is 17.9 Å². The van der Waals surface area contributed by atoms with E-state index in [1.54, 1.807) is 4.90 Å². The van der Waals surface area contributed by atoms with E-state index in [2.05, 4.69) is 0 Å². The summed E-state index contributed by atoms with van der Waals surface area (Å²) in [5.41, 5.74) is -0.474. The Hall–Kier alpha value is -1.06. The lowest BCUT2D eigenvalue weighted by Crippen LogP contribution is -2.46. The highest BCUT2D eigenvalue weighted by atomic mass is 16.6. The molecule has 0 aromatic carbocycles. The first-order valence-corrected chi connectivity index (χ1v) is 6.31. The molecule has 17 heavy (non-hydrogen) atoms. The second-order valence-electron chi connectivity index (χ2n) is 5.02. The van der Waals surface area contributed by atoms with Gasteiger partial charge in [-0.2, -0.15) is 0 Å². The van der Waals surface area contributed by atoms with Gasteiger partial charge >= 0.3 is 6.09 Å². The first-order valence-electron chi connectivity index (χ1n) is 6.31. The van der Waals surface area contributed by atoms with Gasteiger partial charge in [-0.05, 0) is 27.7 Å². The molecule has 100 valence electrons. The molecule has 1 rings (SSSR count). The monoisotopic (exact) mass is 243 g/mol. The molecule has 1 saturated heterocycles. The summed E-state index contributed by atoms with van der Waals surface area (Å²) in [6.45, 7) is 11.9. The summed E-state index contributed by atoms with van der Waals surface area (Å²) >= 11 is 0. The lowest BCUT2D eigenvalue weighted by atomic mass is 10.0. The van der Waals surface area contributed by atoms with Crippen molar-refractivity contribution in [2.45, 2.75) is 66.0 Å². The quantitative estimate of drug-likeness (QED) is 0.657. The first kappa shape index (κ1) is 15.9. The van der Waals surface area contributed by atoms with Crippen molar-refractivity contribution in [3.63, 3.8) is 0 Å². The zero-order chi connectivity index (χ0) is 13.6. The fourth-order valence-electron chi connectivity index (χ4n) is 1.60. The van der Waals surface area contributed by atoms with Crippen LogP contribution in [0.25, 0.3) is 0 Å². The molecular weight excluding hydrogens is 218 g/mol. The molecule has 0 aromatic heterocycles. The summed E-state index contributed by atoms with van der Waals surface area (Å²) in [5, 5.41) is 0. The van der Waals surface area contributed by atoms with Crippen molar-refractivity contribution < 1.29 is 14.3 Å². The topological polar surface area (TPSA) is 46.6 Å². The Bertz CT molecular complexity index is 268. The van der Waals surface area contributed by atoms with Gasteiger partial charge in [0.15, 0.2) is 0 Å². The number of hydrogen-bond acceptors (Lipinski definition) is 3. The second-order valence-corrected chi connectivity index (χ2v) is 5.02. The van der Waals surface area contributed by atoms with Gasteiger partial charge in [0.1, 0.15) is 11.4 Å². The molecule has 1 aliphatic heterocycles. The number of carbonyl (C=O) groups is 2. The van der Waals surface area contributed by atoms with Crippen LogP contribution in [-0.2, 0) is 9.53 Å². The number of carbonyl (C=O) groups excluding carboxylic acids is 2. The third-order valence-electron chi connectivity index (χ3n) is 2.31. The van der Waals surface area contributed by atoms with Crippen LogP contribution in [-0.4, -0.2) is 35.0 Å². The molecule has 0 radical (unpaired) electrons. The smallest absolute Gasteiger partial charge is 0.410 e. The molecule has 0 aromatic rings. The highest BCUT2D eigenvalue weighted by Crippen LogP contribution is 2.17. The van der Waals surface area contributed by atoms with Gasteiger partial charge in [0.2, 0.25) is 0 Å². The van der Waals surface area contributed by atoms with Crippen molar-refractivity contribution in [2.24, 2.45) is 0 Å². The van der Waals surface area contributed by atoms with Crippen LogP contribution in [0.5, 0.6) is 0 Å². The van der Waals surface area contributed by atoms with E-state index < -0.39 is 5.60 Å². The lowest BCUT2D eigenvalue weighted by molar-refractivity contribution is -0.122. The SMILES string of the molecule is CC.CC1CC(=O)CCN1C(=O)OC(C)(C)C. The van der Waals surface area contributed by atoms with Gasteiger partial charge in [-0.1, -0.05) is 13.8 Å². The van der Waals surface area contributed by atoms with Crippen molar-refractivity contribution >= 4 is 11.9 Å². The van der Waals surface area contributed by atoms with E-state index in [0.717, 1.165) is 0 Å². The molecule has 0 bridgehead atoms. The van der Waals surface area contributed by atoms with Gasteiger partial charge < -0.3 is 9.64 Å². The maximum absolute atomic E-state index is 11.7. The summed E-state index contributed by atoms with van der Waals surface area (Å²) in [5.74, 6) is 0.224. The predicted octanol–water partition coefficient (Wildman–Crippen LogP) is 3.00. The maximum Gasteiger partial charge on any atom is 0.410 e. The zero-order valence-corrected chi connectivity index (χ0v) is 11.9. The Morgan fingerprint density at radius 3 is 2.29 bits per heavy atom. The molecule has 1 unspecified atom stereocenters. The Morgan fingerprint density at radius 1 is 1.35 bits per heavy atom. The normalized spacial score (nSPS) is 20.5. The van der Waals surface area contributed by atoms with Crippen LogP contribution >= 0.6 is 0 Å². The molecule has 4 nitrogen and oxygen atoms in total. The minimum Gasteiger partial charge on any atom is -0.444 e. The molecule has 1 amide bonds. The number of Topliss-reactive ketones (excluding diaryl/α,β-unsaturated/α-hetero) is 1. The summed E-state index contributed by atoms with van der Waals surface area (Å²) < 4.78 is 5.26. The van der Waals surface area contributed by atoms with Gasteiger partial charge in [0, 0.05) is 25.4 Å². The largest absolute Gasteiger partial charge is 0.444 e. The van der Waals surface area contributed by atoms with Gasteiger partial charge in [-0.3, -0.25) is 4.79 Å². The van der Waals surface area contributed by atoms with Crippen molar-refractivity contribution in [3.8, 4) is 0 Å². The summed E-state index contributed by atoms with van der Waals surface area (Å²) in [7, 11) is 0. The molecule has 0 spiro atoms. The number of hydrogen-bond donors (Lipinski definition) is 0. The average molecular weight is 243 g/mol. The van der Waals surface area contributed by atoms with Gasteiger partial charge in [-0.25, -0.2) is 4.79 Å². The molecule has 4 heteroatoms. The molecule has 1 atom stereocenters. The summed E-state index contributed by atoms with van der Waals surface area (Å²) in [6.07, 6.45) is 0.575. The number of amides is 1. The van der Waals surface area contributed by atoms with Gasteiger partial charge in [-0.15, -0.1) is 0 Å². The van der Waals surface area contributed by atoms with Crippen molar-refractivity contribution in [1.29, 1.82) is 0 Å². The van der Waals surface area contributed by atoms with E-state index in [1.807, 2.05) is 41.5 Å². The first-order chi connectivity index (χ1) is 7.79. The summed E-state index contributed by atoms with van der Waals surface area (Å²) in [4.78, 5) is 24.5. The Labute approximate surface area is 104 Å². The number of likely N-dealkylation sites (tertiary alicyclic amines) is 1. The molecule has 0 N–H and O–H groups in total. The third-order valence-corrected chi connectivity index (χ3v) is 2.31. The Morgan fingerprint density at radius 2 is 1.88 bits per heavy atom. The van der Waals surface area contributed by atoms with Gasteiger partial charge in [0.25, 0.3) is 0 Å². The van der Waals surface area contributed by atoms with Crippen LogP contribution in [0.1, 0.15) is 54.4 Å².